The molecule has 1 atom stereocenters. The number of thiophene rings is 1. The standard InChI is InChI=1S/C81H110ClN25O14S/c1-52-53(2)122-81-70(52)71(55-9-11-56(82)12-10-55)91-61(72-97-96-54(3)107(72)81)45-69(111)88-57-16-23-103(24-17-57)30-34-118-38-39-120-36-32-105-48-60(49-105)106-28-26-104(27-29-106)31-35-119-40-42-121-41-37-117-33-22-83-66(108)13-18-87-78(114)74-94-64(50-101(74)7)92-67(109)14-19-86-77(113)63-44-59(47-100(63)6)90-80(116)75-95-65(51-102(75)8)93-68(110)15-20-85-76(112)62-43-58(46-99(62)5)89-79(115)73-84-21-25-98(73)4/h9-12,21,25,43-44,46-47,50-51,57,60-61H,13-20,22-24,26-42,45,48-49H2,1-8H3,(H,83,108)(H,85,112)(H,86,113)(H,87,114)(H,88,111)(H,89,115)(H,90,116)(H,92,109)(H,93,110)/t61-/m0/s1. The molecule has 1 aromatic carbocycles. The Morgan fingerprint density at radius 1 is 0.508 bits per heavy atom. The number of aromatic nitrogens is 11. The van der Waals surface area contributed by atoms with E-state index in [1.165, 1.54) is 60.1 Å². The zero-order valence-electron chi connectivity index (χ0n) is 70.2. The number of carbonyl (C=O) groups excluding carboxylic acids is 9. The molecule has 3 fully saturated rings. The minimum absolute atomic E-state index is 0.000693. The molecule has 0 unspecified atom stereocenters. The van der Waals surface area contributed by atoms with Crippen LogP contribution in [0.5, 0.6) is 0 Å². The Morgan fingerprint density at radius 2 is 1.02 bits per heavy atom. The van der Waals surface area contributed by atoms with Crippen LogP contribution in [0.25, 0.3) is 5.00 Å². The largest absolute Gasteiger partial charge is 0.378 e. The summed E-state index contributed by atoms with van der Waals surface area (Å²) in [5, 5.41) is 35.4. The third-order valence-electron chi connectivity index (χ3n) is 21.5. The monoisotopic (exact) mass is 1720 g/mol. The molecule has 0 saturated carbocycles. The summed E-state index contributed by atoms with van der Waals surface area (Å²) >= 11 is 7.99. The smallest absolute Gasteiger partial charge is 0.291 e. The number of nitrogens with zero attached hydrogens (tertiary/aromatic N) is 16. The van der Waals surface area contributed by atoms with Crippen LogP contribution in [0.4, 0.5) is 23.0 Å². The summed E-state index contributed by atoms with van der Waals surface area (Å²) < 4.78 is 38.6. The van der Waals surface area contributed by atoms with Crippen LogP contribution in [0.2, 0.25) is 5.02 Å². The van der Waals surface area contributed by atoms with Gasteiger partial charge in [-0.05, 0) is 63.4 Å². The molecule has 8 aromatic rings. The van der Waals surface area contributed by atoms with E-state index < -0.39 is 47.4 Å². The van der Waals surface area contributed by atoms with E-state index >= 15 is 0 Å². The zero-order valence-corrected chi connectivity index (χ0v) is 71.8. The summed E-state index contributed by atoms with van der Waals surface area (Å²) in [6.07, 6.45) is 10.8. The summed E-state index contributed by atoms with van der Waals surface area (Å²) in [7, 11) is 8.07. The number of amides is 9. The van der Waals surface area contributed by atoms with E-state index in [2.05, 4.69) is 111 Å². The molecule has 7 aromatic heterocycles. The highest BCUT2D eigenvalue weighted by Crippen LogP contribution is 2.40. The zero-order chi connectivity index (χ0) is 86.3. The van der Waals surface area contributed by atoms with Crippen LogP contribution in [0.3, 0.4) is 0 Å². The van der Waals surface area contributed by atoms with Gasteiger partial charge >= 0.3 is 0 Å². The van der Waals surface area contributed by atoms with Crippen LogP contribution in [0, 0.1) is 20.8 Å². The third-order valence-corrected chi connectivity index (χ3v) is 23.0. The van der Waals surface area contributed by atoms with E-state index in [1.54, 1.807) is 63.5 Å². The second kappa shape index (κ2) is 43.7. The number of aliphatic imine (C=N–C) groups is 1. The maximum absolute atomic E-state index is 13.7. The molecule has 39 nitrogen and oxygen atoms in total. The number of hydrogen-bond donors (Lipinski definition) is 9. The molecule has 9 amide bonds. The molecule has 3 saturated heterocycles. The molecule has 656 valence electrons. The van der Waals surface area contributed by atoms with Gasteiger partial charge in [0.05, 0.1) is 89.6 Å². The van der Waals surface area contributed by atoms with Gasteiger partial charge in [0.2, 0.25) is 35.3 Å². The van der Waals surface area contributed by atoms with Crippen LogP contribution in [-0.4, -0.2) is 307 Å². The number of halogens is 1. The van der Waals surface area contributed by atoms with Crippen LogP contribution in [-0.2, 0) is 78.1 Å². The lowest BCUT2D eigenvalue weighted by Crippen LogP contribution is -2.63. The molecule has 0 bridgehead atoms. The highest BCUT2D eigenvalue weighted by atomic mass is 35.5. The Morgan fingerprint density at radius 3 is 1.57 bits per heavy atom. The number of anilines is 4. The Balaban J connectivity index is 0.417. The Kier molecular flexibility index (Phi) is 32.4. The molecule has 4 aliphatic heterocycles. The van der Waals surface area contributed by atoms with Gasteiger partial charge in [0, 0.05) is 223 Å². The Labute approximate surface area is 715 Å². The lowest BCUT2D eigenvalue weighted by atomic mass is 9.99. The van der Waals surface area contributed by atoms with Gasteiger partial charge in [-0.2, -0.15) is 0 Å². The van der Waals surface area contributed by atoms with Crippen LogP contribution in [0.1, 0.15) is 131 Å². The highest BCUT2D eigenvalue weighted by molar-refractivity contribution is 7.15. The molecular weight excluding hydrogens is 1610 g/mol. The molecule has 4 aliphatic rings. The molecular formula is C81H110ClN25O14S. The average molecular weight is 1730 g/mol. The fourth-order valence-electron chi connectivity index (χ4n) is 14.7. The normalized spacial score (nSPS) is 15.4. The van der Waals surface area contributed by atoms with Crippen molar-refractivity contribution in [2.24, 2.45) is 40.2 Å². The van der Waals surface area contributed by atoms with Gasteiger partial charge in [0.15, 0.2) is 23.3 Å². The van der Waals surface area contributed by atoms with Crippen molar-refractivity contribution in [2.45, 2.75) is 77.4 Å². The van der Waals surface area contributed by atoms with Gasteiger partial charge in [-0.1, -0.05) is 23.7 Å². The van der Waals surface area contributed by atoms with Gasteiger partial charge < -0.3 is 99.3 Å². The van der Waals surface area contributed by atoms with Crippen molar-refractivity contribution in [2.75, 3.05) is 186 Å². The molecule has 9 N–H and O–H groups in total. The highest BCUT2D eigenvalue weighted by Gasteiger charge is 2.36. The first-order valence-corrected chi connectivity index (χ1v) is 42.2. The number of carbonyl (C=O) groups is 9. The lowest BCUT2D eigenvalue weighted by Gasteiger charge is -2.48. The maximum atomic E-state index is 13.7. The SMILES string of the molecule is Cc1sc2c(c1C)C(c1ccc(Cl)cc1)=N[C@@H](CC(=O)NC1CCN(CCOCCOCCN3CC(N4CCN(CCOCCOCCOCCNC(=O)CCNC(=O)c5nc(NC(=O)CCNC(=O)c6cc(NC(=O)c7nc(NC(=O)CCNC(=O)c8cc(NC(=O)c9nccn9C)cn8C)cn7C)cn6C)cn5C)CC4)C3)CC1)c1nnc(C)n1-2. The molecule has 0 spiro atoms. The van der Waals surface area contributed by atoms with Crippen molar-refractivity contribution in [1.29, 1.82) is 0 Å². The number of piperazine rings is 1. The number of ether oxygens (including phenoxy) is 5. The van der Waals surface area contributed by atoms with Crippen molar-refractivity contribution in [3.05, 3.63) is 141 Å². The van der Waals surface area contributed by atoms with Gasteiger partial charge in [0.1, 0.15) is 28.3 Å². The van der Waals surface area contributed by atoms with Gasteiger partial charge in [-0.15, -0.1) is 21.5 Å². The molecule has 122 heavy (non-hydrogen) atoms. The van der Waals surface area contributed by atoms with Gasteiger partial charge in [-0.3, -0.25) is 67.4 Å². The number of fused-ring (bicyclic) bond motifs is 3. The van der Waals surface area contributed by atoms with Gasteiger partial charge in [0.25, 0.3) is 29.5 Å². The van der Waals surface area contributed by atoms with Crippen molar-refractivity contribution >= 4 is 105 Å². The van der Waals surface area contributed by atoms with E-state index in [-0.39, 0.29) is 123 Å². The van der Waals surface area contributed by atoms with E-state index in [0.717, 1.165) is 118 Å². The minimum Gasteiger partial charge on any atom is -0.378 e. The number of likely N-dealkylation sites (tertiary alicyclic amines) is 2. The summed E-state index contributed by atoms with van der Waals surface area (Å²) in [4.78, 5) is 146. The van der Waals surface area contributed by atoms with Crippen molar-refractivity contribution in [3.8, 4) is 5.00 Å². The Hall–Kier alpha value is -10.9. The van der Waals surface area contributed by atoms with Crippen LogP contribution in [0.15, 0.2) is 78.6 Å². The number of rotatable bonds is 44. The van der Waals surface area contributed by atoms with E-state index in [9.17, 15) is 43.2 Å². The molecule has 41 heteroatoms. The molecule has 0 radical (unpaired) electrons. The first-order valence-electron chi connectivity index (χ1n) is 41.0. The molecule has 11 heterocycles. The van der Waals surface area contributed by atoms with E-state index in [1.807, 2.05) is 31.2 Å². The molecule has 0 aliphatic carbocycles. The van der Waals surface area contributed by atoms with Crippen LogP contribution >= 0.6 is 22.9 Å². The number of aryl methyl sites for hydroxylation is 7. The maximum Gasteiger partial charge on any atom is 0.291 e. The van der Waals surface area contributed by atoms with Gasteiger partial charge in [-0.25, -0.2) is 15.0 Å². The Bertz CT molecular complexity index is 4980. The predicted octanol–water partition coefficient (Wildman–Crippen LogP) is 2.99. The second-order valence-electron chi connectivity index (χ2n) is 30.5. The van der Waals surface area contributed by atoms with Crippen LogP contribution < -0.4 is 47.9 Å². The number of imidazole rings is 3. The quantitative estimate of drug-likeness (QED) is 0.0248. The van der Waals surface area contributed by atoms with E-state index in [4.69, 9.17) is 40.3 Å². The number of piperidine rings is 1. The number of nitrogens with one attached hydrogen (secondary N) is 9. The first kappa shape index (κ1) is 90.3. The second-order valence-corrected chi connectivity index (χ2v) is 32.1. The first-order chi connectivity index (χ1) is 58.9. The average Bonchev–Trinajstić information content (AvgIpc) is 1.59. The fourth-order valence-corrected chi connectivity index (χ4v) is 16.0. The third kappa shape index (κ3) is 24.9. The lowest BCUT2D eigenvalue weighted by molar-refractivity contribution is -0.123. The van der Waals surface area contributed by atoms with E-state index in [0.29, 0.717) is 82.0 Å². The number of hydrogen-bond acceptors (Lipinski definition) is 25. The summed E-state index contributed by atoms with van der Waals surface area (Å²) in [5.41, 5.74) is 5.05. The summed E-state index contributed by atoms with van der Waals surface area (Å²) in [5.74, 6) is -2.15. The summed E-state index contributed by atoms with van der Waals surface area (Å²) in [6.45, 7) is 22.1. The number of benzene rings is 1. The summed E-state index contributed by atoms with van der Waals surface area (Å²) in [6, 6.07) is 10.8. The minimum atomic E-state index is -0.635. The fraction of sp³-hybridized carbons (Fsp3) is 0.519. The van der Waals surface area contributed by atoms with Crippen molar-refractivity contribution in [1.82, 2.24) is 98.7 Å². The van der Waals surface area contributed by atoms with Crippen molar-refractivity contribution in [3.63, 3.8) is 0 Å². The topological polar surface area (TPSA) is 427 Å². The predicted molar refractivity (Wildman–Crippen MR) is 455 cm³/mol. The molecule has 12 rings (SSSR count). The van der Waals surface area contributed by atoms with Crippen molar-refractivity contribution < 1.29 is 66.8 Å².